The maximum Gasteiger partial charge on any atom is 0.0786 e. The molecule has 0 saturated heterocycles. The highest BCUT2D eigenvalue weighted by Crippen LogP contribution is 2.19. The Bertz CT molecular complexity index is 475. The number of rotatable bonds is 36. The molecule has 0 atom stereocenters. The molecule has 5 nitrogen and oxygen atoms in total. The standard InChI is InChI=1S/3C16H36N.BO2.BrH/c3*1-5-9-13-17(14-10-6-2,15-11-7-3)16-12-8-4;2-1-3;/h3*5-16H2,1-4H3;;1H/q3*+1;-2;/p-1. The third-order valence-electron chi connectivity index (χ3n) is 11.8. The van der Waals surface area contributed by atoms with Gasteiger partial charge in [0.15, 0.2) is 0 Å². The molecule has 0 amide bonds. The highest BCUT2D eigenvalue weighted by atomic mass is 79.9. The van der Waals surface area contributed by atoms with Crippen molar-refractivity contribution in [3.63, 3.8) is 0 Å². The summed E-state index contributed by atoms with van der Waals surface area (Å²) in [6.45, 7) is 45.1. The zero-order valence-electron chi connectivity index (χ0n) is 40.6. The third kappa shape index (κ3) is 40.9. The van der Waals surface area contributed by atoms with E-state index in [9.17, 15) is 0 Å². The van der Waals surface area contributed by atoms with E-state index in [2.05, 4.69) is 83.1 Å². The Labute approximate surface area is 362 Å². The van der Waals surface area contributed by atoms with Gasteiger partial charge >= 0.3 is 0 Å². The van der Waals surface area contributed by atoms with Crippen LogP contribution in [-0.4, -0.2) is 99.7 Å². The zero-order chi connectivity index (χ0) is 41.7. The normalized spacial score (nSPS) is 11.4. The molecule has 0 unspecified atom stereocenters. The first kappa shape index (κ1) is 64.5. The van der Waals surface area contributed by atoms with E-state index in [1.807, 2.05) is 0 Å². The fourth-order valence-electron chi connectivity index (χ4n) is 7.93. The monoisotopic (exact) mass is 849 g/mol. The molecule has 0 saturated carbocycles. The molecule has 0 aromatic rings. The van der Waals surface area contributed by atoms with Crippen molar-refractivity contribution in [2.75, 3.05) is 78.5 Å². The predicted octanol–water partition coefficient (Wildman–Crippen LogP) is 9.26. The molecule has 0 N–H and O–H groups in total. The first-order valence-electron chi connectivity index (χ1n) is 24.8. The average Bonchev–Trinajstić information content (AvgIpc) is 3.20. The summed E-state index contributed by atoms with van der Waals surface area (Å²) in [6, 6.07) is 0. The summed E-state index contributed by atoms with van der Waals surface area (Å²) < 4.78 is 4.26. The van der Waals surface area contributed by atoms with E-state index in [4.69, 9.17) is 10.0 Å². The molecule has 0 heterocycles. The topological polar surface area (TPSA) is 46.1 Å². The fourth-order valence-corrected chi connectivity index (χ4v) is 7.93. The zero-order valence-corrected chi connectivity index (χ0v) is 42.2. The molecule has 0 aliphatic rings. The fraction of sp³-hybridized carbons (Fsp3) is 1.00. The van der Waals surface area contributed by atoms with E-state index >= 15 is 0 Å². The van der Waals surface area contributed by atoms with Crippen molar-refractivity contribution < 1.29 is 40.5 Å². The van der Waals surface area contributed by atoms with Crippen LogP contribution in [0.15, 0.2) is 0 Å². The van der Waals surface area contributed by atoms with Gasteiger partial charge in [-0.25, -0.2) is 7.69 Å². The first-order valence-corrected chi connectivity index (χ1v) is 24.8. The number of nitrogens with zero attached hydrogens (tertiary/aromatic N) is 3. The van der Waals surface area contributed by atoms with Gasteiger partial charge in [-0.15, -0.1) is 0 Å². The van der Waals surface area contributed by atoms with Gasteiger partial charge in [-0.3, -0.25) is 0 Å². The summed E-state index contributed by atoms with van der Waals surface area (Å²) >= 11 is 0. The lowest BCUT2D eigenvalue weighted by molar-refractivity contribution is -0.929. The molecule has 55 heavy (non-hydrogen) atoms. The predicted molar refractivity (Wildman–Crippen MR) is 244 cm³/mol. The van der Waals surface area contributed by atoms with Crippen molar-refractivity contribution >= 4 is 7.69 Å². The third-order valence-corrected chi connectivity index (χ3v) is 11.8. The van der Waals surface area contributed by atoms with E-state index in [-0.39, 0.29) is 17.0 Å². The Kier molecular flexibility index (Phi) is 59.2. The molecule has 337 valence electrons. The lowest BCUT2D eigenvalue weighted by Crippen LogP contribution is -3.00. The number of quaternary nitrogens is 3. The van der Waals surface area contributed by atoms with Crippen LogP contribution >= 0.6 is 0 Å². The van der Waals surface area contributed by atoms with E-state index in [1.54, 1.807) is 0 Å². The highest BCUT2D eigenvalue weighted by Gasteiger charge is 2.26. The molecule has 0 aromatic heterocycles. The number of halogens is 1. The van der Waals surface area contributed by atoms with Crippen LogP contribution in [0.5, 0.6) is 0 Å². The molecule has 0 aliphatic carbocycles. The van der Waals surface area contributed by atoms with Gasteiger partial charge in [0.05, 0.1) is 78.5 Å². The van der Waals surface area contributed by atoms with Crippen molar-refractivity contribution in [2.45, 2.75) is 237 Å². The summed E-state index contributed by atoms with van der Waals surface area (Å²) in [5, 5.41) is 16.5. The Morgan fingerprint density at radius 1 is 0.236 bits per heavy atom. The van der Waals surface area contributed by atoms with Crippen LogP contribution < -0.4 is 27.0 Å². The Morgan fingerprint density at radius 2 is 0.309 bits per heavy atom. The quantitative estimate of drug-likeness (QED) is 0.0467. The molecule has 0 aromatic carbocycles. The lowest BCUT2D eigenvalue weighted by Gasteiger charge is -2.39. The number of hydrogen-bond acceptors (Lipinski definition) is 2. The average molecular weight is 850 g/mol. The van der Waals surface area contributed by atoms with E-state index in [0.29, 0.717) is 0 Å². The number of unbranched alkanes of at least 4 members (excludes halogenated alkanes) is 12. The second-order valence-corrected chi connectivity index (χ2v) is 17.0. The van der Waals surface area contributed by atoms with Gasteiger partial charge in [-0.2, -0.15) is 0 Å². The van der Waals surface area contributed by atoms with Crippen molar-refractivity contribution in [3.05, 3.63) is 0 Å². The summed E-state index contributed by atoms with van der Waals surface area (Å²) in [5.74, 6) is 0. The van der Waals surface area contributed by atoms with Gasteiger partial charge in [0.2, 0.25) is 0 Å². The molecule has 7 heteroatoms. The smallest absolute Gasteiger partial charge is 0.0786 e. The molecule has 0 aliphatic heterocycles. The molecule has 0 spiro atoms. The molecule has 0 rings (SSSR count). The summed E-state index contributed by atoms with van der Waals surface area (Å²) in [5.41, 5.74) is 0. The van der Waals surface area contributed by atoms with E-state index < -0.39 is 7.69 Å². The molecular weight excluding hydrogens is 741 g/mol. The largest absolute Gasteiger partial charge is 1.00 e. The molecule has 0 bridgehead atoms. The van der Waals surface area contributed by atoms with Gasteiger partial charge in [0.25, 0.3) is 0 Å². The van der Waals surface area contributed by atoms with Crippen molar-refractivity contribution in [1.82, 2.24) is 0 Å². The summed E-state index contributed by atoms with van der Waals surface area (Å²) in [4.78, 5) is 0. The van der Waals surface area contributed by atoms with Crippen LogP contribution in [0.2, 0.25) is 0 Å². The van der Waals surface area contributed by atoms with E-state index in [1.165, 1.54) is 246 Å². The second kappa shape index (κ2) is 50.5. The van der Waals surface area contributed by atoms with Crippen LogP contribution in [0.25, 0.3) is 0 Å². The SMILES string of the molecule is CCCC[N+](CCCC)(CCCC)CCCC.CCCC[N+](CCCC)(CCCC)CCCC.CCCC[N+](CCCC)(CCCC)CCCC.[Br-].[O-][B][O-]. The summed E-state index contributed by atoms with van der Waals surface area (Å²) in [7, 11) is -0.500. The van der Waals surface area contributed by atoms with Crippen molar-refractivity contribution in [3.8, 4) is 0 Å². The maximum atomic E-state index is 8.25. The second-order valence-electron chi connectivity index (χ2n) is 17.0. The minimum atomic E-state index is -0.500. The van der Waals surface area contributed by atoms with Crippen LogP contribution in [0.1, 0.15) is 237 Å². The Hall–Kier alpha value is 0.345. The van der Waals surface area contributed by atoms with Gasteiger partial charge in [-0.1, -0.05) is 160 Å². The van der Waals surface area contributed by atoms with Crippen LogP contribution in [-0.2, 0) is 0 Å². The van der Waals surface area contributed by atoms with Gasteiger partial charge < -0.3 is 40.5 Å². The molecule has 0 fully saturated rings. The van der Waals surface area contributed by atoms with Gasteiger partial charge in [0, 0.05) is 0 Å². The van der Waals surface area contributed by atoms with Crippen LogP contribution in [0, 0.1) is 0 Å². The highest BCUT2D eigenvalue weighted by molar-refractivity contribution is 6.08. The van der Waals surface area contributed by atoms with Crippen LogP contribution in [0.3, 0.4) is 0 Å². The van der Waals surface area contributed by atoms with Crippen molar-refractivity contribution in [1.29, 1.82) is 0 Å². The first-order chi connectivity index (χ1) is 26.1. The van der Waals surface area contributed by atoms with Gasteiger partial charge in [0.1, 0.15) is 0 Å². The minimum Gasteiger partial charge on any atom is -1.00 e. The Balaban J connectivity index is -0.000000217. The van der Waals surface area contributed by atoms with Gasteiger partial charge in [-0.05, 0) is 77.0 Å². The molecular formula is C48H108BBrN3O2. The Morgan fingerprint density at radius 3 is 0.364 bits per heavy atom. The number of hydrogen-bond donors (Lipinski definition) is 0. The van der Waals surface area contributed by atoms with E-state index in [0.717, 1.165) is 0 Å². The molecule has 1 radical (unpaired) electrons. The lowest BCUT2D eigenvalue weighted by atomic mass is 10.1. The van der Waals surface area contributed by atoms with Crippen molar-refractivity contribution in [2.24, 2.45) is 0 Å². The minimum absolute atomic E-state index is 0. The van der Waals surface area contributed by atoms with Crippen LogP contribution in [0.4, 0.5) is 0 Å². The maximum absolute atomic E-state index is 8.25. The summed E-state index contributed by atoms with van der Waals surface area (Å²) in [6.07, 6.45) is 33.2.